The number of thiophene rings is 1. The average Bonchev–Trinajstić information content (AvgIpc) is 3.22. The normalized spacial score (nSPS) is 15.9. The molecule has 0 saturated carbocycles. The predicted octanol–water partition coefficient (Wildman–Crippen LogP) is 0.498. The number of sulfonamides is 1. The molecule has 0 atom stereocenters. The SMILES string of the molecule is COCCNCCNC(=O)c1sccc1S(=O)(=O)N1CCCC1. The minimum atomic E-state index is -3.56. The standard InChI is InChI=1S/C14H23N3O4S2/c1-21-10-7-15-5-6-16-14(18)13-12(4-11-22-13)23(19,20)17-8-2-3-9-17/h4,11,15H,2-3,5-10H2,1H3,(H,16,18). The minimum absolute atomic E-state index is 0.120. The number of hydrogen-bond donors (Lipinski definition) is 2. The van der Waals surface area contributed by atoms with Crippen molar-refractivity contribution >= 4 is 27.3 Å². The molecule has 0 bridgehead atoms. The highest BCUT2D eigenvalue weighted by Crippen LogP contribution is 2.27. The molecule has 2 heterocycles. The first kappa shape index (κ1) is 18.3. The predicted molar refractivity (Wildman–Crippen MR) is 89.4 cm³/mol. The average molecular weight is 361 g/mol. The van der Waals surface area contributed by atoms with Crippen molar-refractivity contribution in [3.63, 3.8) is 0 Å². The van der Waals surface area contributed by atoms with E-state index in [-0.39, 0.29) is 15.7 Å². The lowest BCUT2D eigenvalue weighted by Gasteiger charge is -2.15. The molecule has 1 amide bonds. The summed E-state index contributed by atoms with van der Waals surface area (Å²) in [5.41, 5.74) is 0. The van der Waals surface area contributed by atoms with E-state index in [4.69, 9.17) is 4.74 Å². The molecule has 7 nitrogen and oxygen atoms in total. The Morgan fingerprint density at radius 1 is 1.30 bits per heavy atom. The molecule has 0 aromatic carbocycles. The summed E-state index contributed by atoms with van der Waals surface area (Å²) in [4.78, 5) is 12.6. The van der Waals surface area contributed by atoms with Crippen LogP contribution in [-0.2, 0) is 14.8 Å². The van der Waals surface area contributed by atoms with E-state index in [0.29, 0.717) is 39.3 Å². The van der Waals surface area contributed by atoms with Gasteiger partial charge in [-0.25, -0.2) is 8.42 Å². The molecule has 9 heteroatoms. The van der Waals surface area contributed by atoms with Crippen LogP contribution in [0.2, 0.25) is 0 Å². The Morgan fingerprint density at radius 2 is 2.04 bits per heavy atom. The summed E-state index contributed by atoms with van der Waals surface area (Å²) < 4.78 is 31.6. The monoisotopic (exact) mass is 361 g/mol. The Labute approximate surface area is 141 Å². The number of rotatable bonds is 9. The molecule has 130 valence electrons. The van der Waals surface area contributed by atoms with Crippen LogP contribution in [-0.4, -0.2) is 65.1 Å². The molecule has 1 saturated heterocycles. The van der Waals surface area contributed by atoms with Crippen LogP contribution in [0.4, 0.5) is 0 Å². The van der Waals surface area contributed by atoms with Crippen LogP contribution in [0.1, 0.15) is 22.5 Å². The molecule has 2 rings (SSSR count). The molecule has 0 radical (unpaired) electrons. The van der Waals surface area contributed by atoms with E-state index in [1.165, 1.54) is 10.4 Å². The maximum atomic E-state index is 12.6. The second kappa shape index (κ2) is 8.74. The van der Waals surface area contributed by atoms with Gasteiger partial charge < -0.3 is 15.4 Å². The van der Waals surface area contributed by atoms with Crippen LogP contribution in [0.25, 0.3) is 0 Å². The van der Waals surface area contributed by atoms with E-state index >= 15 is 0 Å². The van der Waals surface area contributed by atoms with Crippen molar-refractivity contribution in [3.05, 3.63) is 16.3 Å². The van der Waals surface area contributed by atoms with Crippen molar-refractivity contribution in [2.45, 2.75) is 17.7 Å². The largest absolute Gasteiger partial charge is 0.383 e. The van der Waals surface area contributed by atoms with Crippen LogP contribution in [0.15, 0.2) is 16.3 Å². The molecule has 2 N–H and O–H groups in total. The molecule has 0 aliphatic carbocycles. The van der Waals surface area contributed by atoms with Gasteiger partial charge in [-0.05, 0) is 24.3 Å². The summed E-state index contributed by atoms with van der Waals surface area (Å²) in [6.07, 6.45) is 1.75. The van der Waals surface area contributed by atoms with Crippen LogP contribution in [0.3, 0.4) is 0 Å². The highest BCUT2D eigenvalue weighted by atomic mass is 32.2. The third-order valence-corrected chi connectivity index (χ3v) is 6.57. The van der Waals surface area contributed by atoms with Crippen molar-refractivity contribution in [3.8, 4) is 0 Å². The summed E-state index contributed by atoms with van der Waals surface area (Å²) >= 11 is 1.16. The van der Waals surface area contributed by atoms with Gasteiger partial charge in [-0.15, -0.1) is 11.3 Å². The fraction of sp³-hybridized carbons (Fsp3) is 0.643. The first-order valence-corrected chi connectivity index (χ1v) is 9.95. The zero-order valence-corrected chi connectivity index (χ0v) is 14.8. The van der Waals surface area contributed by atoms with E-state index in [2.05, 4.69) is 10.6 Å². The number of methoxy groups -OCH3 is 1. The van der Waals surface area contributed by atoms with Gasteiger partial charge in [0, 0.05) is 39.8 Å². The lowest BCUT2D eigenvalue weighted by atomic mass is 10.4. The van der Waals surface area contributed by atoms with Crippen molar-refractivity contribution in [2.75, 3.05) is 46.4 Å². The Hall–Kier alpha value is -1.00. The van der Waals surface area contributed by atoms with Crippen LogP contribution in [0.5, 0.6) is 0 Å². The van der Waals surface area contributed by atoms with Gasteiger partial charge >= 0.3 is 0 Å². The van der Waals surface area contributed by atoms with Gasteiger partial charge in [0.05, 0.1) is 6.61 Å². The first-order valence-electron chi connectivity index (χ1n) is 7.63. The molecule has 1 fully saturated rings. The smallest absolute Gasteiger partial charge is 0.262 e. The topological polar surface area (TPSA) is 87.7 Å². The van der Waals surface area contributed by atoms with Gasteiger partial charge in [-0.1, -0.05) is 0 Å². The van der Waals surface area contributed by atoms with E-state index in [1.807, 2.05) is 0 Å². The van der Waals surface area contributed by atoms with Crippen molar-refractivity contribution in [2.24, 2.45) is 0 Å². The second-order valence-corrected chi connectivity index (χ2v) is 8.05. The molecule has 1 aliphatic heterocycles. The van der Waals surface area contributed by atoms with Gasteiger partial charge in [-0.3, -0.25) is 4.79 Å². The molecule has 1 aromatic rings. The molecular weight excluding hydrogens is 338 g/mol. The van der Waals surface area contributed by atoms with Gasteiger partial charge in [0.15, 0.2) is 0 Å². The Balaban J connectivity index is 1.93. The summed E-state index contributed by atoms with van der Waals surface area (Å²) in [6.45, 7) is 3.42. The van der Waals surface area contributed by atoms with Crippen molar-refractivity contribution < 1.29 is 17.9 Å². The Kier molecular flexibility index (Phi) is 6.97. The summed E-state index contributed by atoms with van der Waals surface area (Å²) in [5.74, 6) is -0.341. The number of hydrogen-bond acceptors (Lipinski definition) is 6. The van der Waals surface area contributed by atoms with Gasteiger partial charge in [0.1, 0.15) is 9.77 Å². The molecular formula is C14H23N3O4S2. The molecule has 0 spiro atoms. The quantitative estimate of drug-likeness (QED) is 0.626. The van der Waals surface area contributed by atoms with Crippen LogP contribution >= 0.6 is 11.3 Å². The third kappa shape index (κ3) is 4.74. The van der Waals surface area contributed by atoms with E-state index in [1.54, 1.807) is 12.5 Å². The van der Waals surface area contributed by atoms with Gasteiger partial charge in [0.25, 0.3) is 5.91 Å². The minimum Gasteiger partial charge on any atom is -0.383 e. The summed E-state index contributed by atoms with van der Waals surface area (Å²) in [5, 5.41) is 7.51. The van der Waals surface area contributed by atoms with Crippen molar-refractivity contribution in [1.82, 2.24) is 14.9 Å². The Bertz CT molecular complexity index is 609. The third-order valence-electron chi connectivity index (χ3n) is 3.59. The van der Waals surface area contributed by atoms with E-state index in [0.717, 1.165) is 24.2 Å². The first-order chi connectivity index (χ1) is 11.1. The zero-order chi connectivity index (χ0) is 16.7. The maximum absolute atomic E-state index is 12.6. The number of ether oxygens (including phenoxy) is 1. The number of nitrogens with zero attached hydrogens (tertiary/aromatic N) is 1. The lowest BCUT2D eigenvalue weighted by Crippen LogP contribution is -2.34. The van der Waals surface area contributed by atoms with Gasteiger partial charge in [-0.2, -0.15) is 4.31 Å². The number of nitrogens with one attached hydrogen (secondary N) is 2. The zero-order valence-electron chi connectivity index (χ0n) is 13.2. The number of carbonyl (C=O) groups is 1. The fourth-order valence-electron chi connectivity index (χ4n) is 2.38. The fourth-order valence-corrected chi connectivity index (χ4v) is 5.21. The second-order valence-electron chi connectivity index (χ2n) is 5.22. The Morgan fingerprint density at radius 3 is 2.74 bits per heavy atom. The highest BCUT2D eigenvalue weighted by Gasteiger charge is 2.31. The highest BCUT2D eigenvalue weighted by molar-refractivity contribution is 7.89. The molecule has 0 unspecified atom stereocenters. The van der Waals surface area contributed by atoms with Gasteiger partial charge in [0.2, 0.25) is 10.0 Å². The molecule has 1 aromatic heterocycles. The summed E-state index contributed by atoms with van der Waals surface area (Å²) in [6, 6.07) is 1.52. The van der Waals surface area contributed by atoms with Crippen molar-refractivity contribution in [1.29, 1.82) is 0 Å². The number of carbonyl (C=O) groups excluding carboxylic acids is 1. The molecule has 23 heavy (non-hydrogen) atoms. The summed E-state index contributed by atoms with van der Waals surface area (Å²) in [7, 11) is -1.94. The van der Waals surface area contributed by atoms with E-state index in [9.17, 15) is 13.2 Å². The van der Waals surface area contributed by atoms with Crippen LogP contribution < -0.4 is 10.6 Å². The van der Waals surface area contributed by atoms with E-state index < -0.39 is 10.0 Å². The number of amides is 1. The van der Waals surface area contributed by atoms with Crippen LogP contribution in [0, 0.1) is 0 Å². The maximum Gasteiger partial charge on any atom is 0.262 e. The lowest BCUT2D eigenvalue weighted by molar-refractivity contribution is 0.0954. The molecule has 1 aliphatic rings.